The molecule has 50 heavy (non-hydrogen) atoms. The minimum absolute atomic E-state index is 0. The van der Waals surface area contributed by atoms with Crippen molar-refractivity contribution in [3.63, 3.8) is 0 Å². The molecule has 261 valence electrons. The Morgan fingerprint density at radius 2 is 1.44 bits per heavy atom. The number of pyridine rings is 3. The summed E-state index contributed by atoms with van der Waals surface area (Å²) in [5.74, 6) is 9.15. The number of hydrogen-bond donors (Lipinski definition) is 0. The van der Waals surface area contributed by atoms with Gasteiger partial charge in [-0.3, -0.25) is 4.98 Å². The van der Waals surface area contributed by atoms with Crippen molar-refractivity contribution in [3.05, 3.63) is 108 Å². The summed E-state index contributed by atoms with van der Waals surface area (Å²) >= 11 is -1.87. The standard InChI is InChI=1S/C24H23N2O.C20H26GeN.Ir/c1-15-11-22(25-14-19(15)12-17-5-3-4-6-17)18-8-10-23-21(13-18)20-9-7-16(2)26-24(20)27-23;1-21(2,3)19-15-22-20(17-11-5-4-6-12-17)14-18(19)13-16-9-7-8-10-16;/h7-11,14,17H,3-6,12H2,1-2H3;4-6,11,14-16H,7-10,13H2,1-3H3;/q2*-1;. The molecule has 0 amide bonds. The third-order valence-electron chi connectivity index (χ3n) is 10.6. The molecule has 0 spiro atoms. The van der Waals surface area contributed by atoms with Gasteiger partial charge in [-0.25, -0.2) is 4.98 Å². The molecule has 1 radical (unpaired) electrons. The molecular formula is C44H49GeIrN3O-2. The molecule has 6 heteroatoms. The fourth-order valence-corrected chi connectivity index (χ4v) is 11.2. The number of aryl methyl sites for hydroxylation is 2. The van der Waals surface area contributed by atoms with Crippen LogP contribution in [0.25, 0.3) is 44.6 Å². The van der Waals surface area contributed by atoms with Crippen LogP contribution in [0, 0.1) is 37.8 Å². The predicted octanol–water partition coefficient (Wildman–Crippen LogP) is 11.0. The van der Waals surface area contributed by atoms with Crippen molar-refractivity contribution in [2.45, 2.75) is 95.3 Å². The smallest absolute Gasteiger partial charge is 0 e. The topological polar surface area (TPSA) is 51.8 Å². The second-order valence-corrected chi connectivity index (χ2v) is 26.0. The second-order valence-electron chi connectivity index (χ2n) is 15.5. The van der Waals surface area contributed by atoms with Gasteiger partial charge in [0.25, 0.3) is 0 Å². The number of nitrogens with zero attached hydrogens (tertiary/aromatic N) is 3. The van der Waals surface area contributed by atoms with Crippen LogP contribution in [-0.4, -0.2) is 28.2 Å². The Kier molecular flexibility index (Phi) is 11.8. The van der Waals surface area contributed by atoms with Crippen LogP contribution in [0.3, 0.4) is 0 Å². The van der Waals surface area contributed by atoms with Gasteiger partial charge >= 0.3 is 137 Å². The zero-order valence-corrected chi connectivity index (χ0v) is 34.7. The fraction of sp³-hybridized carbons (Fsp3) is 0.386. The van der Waals surface area contributed by atoms with Gasteiger partial charge in [0.2, 0.25) is 0 Å². The number of hydrogen-bond acceptors (Lipinski definition) is 4. The molecule has 0 N–H and O–H groups in total. The molecule has 2 saturated carbocycles. The van der Waals surface area contributed by atoms with Crippen LogP contribution in [0.1, 0.15) is 73.8 Å². The van der Waals surface area contributed by atoms with Crippen molar-refractivity contribution in [3.8, 4) is 22.5 Å². The number of furan rings is 1. The molecule has 8 rings (SSSR count). The van der Waals surface area contributed by atoms with Gasteiger partial charge in [0.1, 0.15) is 0 Å². The maximum absolute atomic E-state index is 5.88. The van der Waals surface area contributed by atoms with E-state index in [9.17, 15) is 0 Å². The molecule has 0 saturated heterocycles. The Bertz CT molecular complexity index is 2050. The molecule has 2 aliphatic carbocycles. The van der Waals surface area contributed by atoms with Crippen LogP contribution in [0.5, 0.6) is 0 Å². The number of rotatable bonds is 7. The average Bonchev–Trinajstić information content (AvgIpc) is 3.88. The van der Waals surface area contributed by atoms with E-state index in [1.807, 2.05) is 37.3 Å². The van der Waals surface area contributed by atoms with Crippen molar-refractivity contribution in [1.29, 1.82) is 0 Å². The van der Waals surface area contributed by atoms with E-state index in [-0.39, 0.29) is 20.1 Å². The van der Waals surface area contributed by atoms with Gasteiger partial charge in [0.05, 0.1) is 5.58 Å². The van der Waals surface area contributed by atoms with Crippen LogP contribution in [0.2, 0.25) is 17.3 Å². The summed E-state index contributed by atoms with van der Waals surface area (Å²) in [6.07, 6.45) is 17.8. The first-order valence-electron chi connectivity index (χ1n) is 18.4. The molecule has 2 aliphatic rings. The van der Waals surface area contributed by atoms with E-state index in [4.69, 9.17) is 14.4 Å². The summed E-state index contributed by atoms with van der Waals surface area (Å²) in [4.78, 5) is 14.0. The molecule has 0 atom stereocenters. The Balaban J connectivity index is 0.000000173. The zero-order chi connectivity index (χ0) is 34.0. The largest absolute Gasteiger partial charge is 0 e. The van der Waals surface area contributed by atoms with Gasteiger partial charge in [-0.15, -0.1) is 12.1 Å². The molecule has 0 bridgehead atoms. The van der Waals surface area contributed by atoms with Gasteiger partial charge in [-0.2, -0.15) is 0 Å². The Morgan fingerprint density at radius 3 is 2.10 bits per heavy atom. The second kappa shape index (κ2) is 16.1. The Morgan fingerprint density at radius 1 is 0.760 bits per heavy atom. The van der Waals surface area contributed by atoms with Crippen molar-refractivity contribution >= 4 is 39.7 Å². The molecule has 4 aromatic heterocycles. The van der Waals surface area contributed by atoms with Crippen LogP contribution < -0.4 is 4.40 Å². The first kappa shape index (κ1) is 36.7. The molecule has 0 aliphatic heterocycles. The van der Waals surface area contributed by atoms with E-state index < -0.39 is 13.3 Å². The summed E-state index contributed by atoms with van der Waals surface area (Å²) in [7, 11) is 0. The molecular weight excluding hydrogens is 851 g/mol. The quantitative estimate of drug-likeness (QED) is 0.118. The Hall–Kier alpha value is -3.12. The van der Waals surface area contributed by atoms with Gasteiger partial charge in [-0.1, -0.05) is 60.4 Å². The minimum atomic E-state index is -1.87. The van der Waals surface area contributed by atoms with Crippen LogP contribution >= 0.6 is 0 Å². The molecule has 4 heterocycles. The van der Waals surface area contributed by atoms with Gasteiger partial charge in [-0.05, 0) is 43.2 Å². The molecule has 0 unspecified atom stereocenters. The maximum Gasteiger partial charge on any atom is 0 e. The maximum atomic E-state index is 5.88. The van der Waals surface area contributed by atoms with E-state index in [1.54, 1.807) is 9.96 Å². The van der Waals surface area contributed by atoms with Crippen LogP contribution in [0.15, 0.2) is 77.5 Å². The molecule has 2 aromatic carbocycles. The molecule has 6 aromatic rings. The van der Waals surface area contributed by atoms with Crippen molar-refractivity contribution in [1.82, 2.24) is 15.0 Å². The third-order valence-corrected chi connectivity index (χ3v) is 15.0. The van der Waals surface area contributed by atoms with E-state index >= 15 is 0 Å². The Labute approximate surface area is 314 Å². The van der Waals surface area contributed by atoms with Crippen molar-refractivity contribution in [2.24, 2.45) is 11.8 Å². The summed E-state index contributed by atoms with van der Waals surface area (Å²) in [5, 5.41) is 1.98. The van der Waals surface area contributed by atoms with Gasteiger partial charge < -0.3 is 4.42 Å². The third kappa shape index (κ3) is 8.49. The SMILES string of the molecule is Cc1ccc2c(n1)oc1ccc(-c3cc(C)c(CC4CCCC4)cn3)[c-]c12.[CH3][Ge]([CH3])([CH3])[c]1cnc(-c2[c-]cccc2)cc1CC1CCCC1.[Ir]. The average molecular weight is 901 g/mol. The summed E-state index contributed by atoms with van der Waals surface area (Å²) in [6, 6.07) is 27.7. The summed E-state index contributed by atoms with van der Waals surface area (Å²) in [6.45, 7) is 4.18. The van der Waals surface area contributed by atoms with E-state index in [0.717, 1.165) is 56.4 Å². The van der Waals surface area contributed by atoms with Gasteiger partial charge in [0.15, 0.2) is 5.71 Å². The van der Waals surface area contributed by atoms with Crippen LogP contribution in [0.4, 0.5) is 0 Å². The summed E-state index contributed by atoms with van der Waals surface area (Å²) < 4.78 is 7.47. The predicted molar refractivity (Wildman–Crippen MR) is 206 cm³/mol. The fourth-order valence-electron chi connectivity index (χ4n) is 7.86. The number of benzene rings is 2. The van der Waals surface area contributed by atoms with Crippen molar-refractivity contribution < 1.29 is 24.5 Å². The monoisotopic (exact) mass is 902 g/mol. The molecule has 4 nitrogen and oxygen atoms in total. The zero-order valence-electron chi connectivity index (χ0n) is 30.2. The van der Waals surface area contributed by atoms with Gasteiger partial charge in [0, 0.05) is 37.7 Å². The van der Waals surface area contributed by atoms with E-state index in [0.29, 0.717) is 5.71 Å². The number of fused-ring (bicyclic) bond motifs is 3. The number of aromatic nitrogens is 3. The first-order valence-corrected chi connectivity index (χ1v) is 25.7. The summed E-state index contributed by atoms with van der Waals surface area (Å²) in [5.41, 5.74) is 10.9. The van der Waals surface area contributed by atoms with Crippen LogP contribution in [-0.2, 0) is 32.9 Å². The van der Waals surface area contributed by atoms with E-state index in [2.05, 4.69) is 84.0 Å². The minimum Gasteiger partial charge on any atom is 0 e. The molecule has 2 fully saturated rings. The first-order chi connectivity index (χ1) is 23.7. The van der Waals surface area contributed by atoms with Crippen molar-refractivity contribution in [2.75, 3.05) is 0 Å². The van der Waals surface area contributed by atoms with E-state index in [1.165, 1.54) is 75.3 Å². The normalized spacial score (nSPS) is 15.3.